The third kappa shape index (κ3) is 11.6. The molecular formula is C21H35NO3. The van der Waals surface area contributed by atoms with E-state index < -0.39 is 0 Å². The minimum Gasteiger partial charge on any atom is -0.508 e. The van der Waals surface area contributed by atoms with Crippen LogP contribution in [0.1, 0.15) is 76.7 Å². The van der Waals surface area contributed by atoms with Gasteiger partial charge < -0.3 is 15.2 Å². The van der Waals surface area contributed by atoms with Gasteiger partial charge in [-0.15, -0.1) is 0 Å². The van der Waals surface area contributed by atoms with Crippen molar-refractivity contribution in [3.8, 4) is 5.75 Å². The van der Waals surface area contributed by atoms with Gasteiger partial charge in [0, 0.05) is 12.1 Å². The molecule has 4 nitrogen and oxygen atoms in total. The largest absolute Gasteiger partial charge is 0.508 e. The number of carbonyl (C=O) groups is 1. The van der Waals surface area contributed by atoms with Crippen LogP contribution in [-0.2, 0) is 16.1 Å². The minimum absolute atomic E-state index is 0.173. The van der Waals surface area contributed by atoms with Crippen molar-refractivity contribution >= 4 is 5.97 Å². The quantitative estimate of drug-likeness (QED) is 0.347. The molecule has 0 aliphatic heterocycles. The van der Waals surface area contributed by atoms with Gasteiger partial charge >= 0.3 is 5.97 Å². The van der Waals surface area contributed by atoms with Crippen molar-refractivity contribution in [1.29, 1.82) is 0 Å². The van der Waals surface area contributed by atoms with Crippen molar-refractivity contribution in [2.24, 2.45) is 0 Å². The van der Waals surface area contributed by atoms with Crippen molar-refractivity contribution in [3.63, 3.8) is 0 Å². The Morgan fingerprint density at radius 3 is 2.20 bits per heavy atom. The van der Waals surface area contributed by atoms with Crippen LogP contribution in [0.15, 0.2) is 24.3 Å². The maximum Gasteiger partial charge on any atom is 0.319 e. The van der Waals surface area contributed by atoms with E-state index in [0.29, 0.717) is 13.2 Å². The number of nitrogens with one attached hydrogen (secondary N) is 1. The van der Waals surface area contributed by atoms with Gasteiger partial charge in [0.15, 0.2) is 0 Å². The van der Waals surface area contributed by atoms with E-state index in [9.17, 15) is 9.90 Å². The molecule has 1 aromatic rings. The molecule has 4 heteroatoms. The minimum atomic E-state index is -0.230. The number of unbranched alkanes of at least 4 members (excludes halogenated alkanes) is 9. The van der Waals surface area contributed by atoms with E-state index in [1.807, 2.05) is 12.1 Å². The monoisotopic (exact) mass is 349 g/mol. The summed E-state index contributed by atoms with van der Waals surface area (Å²) in [5.74, 6) is 0.0140. The lowest BCUT2D eigenvalue weighted by Crippen LogP contribution is -2.24. The molecule has 0 bridgehead atoms. The molecule has 25 heavy (non-hydrogen) atoms. The number of phenols is 1. The van der Waals surface area contributed by atoms with E-state index in [1.54, 1.807) is 12.1 Å². The van der Waals surface area contributed by atoms with Crippen LogP contribution < -0.4 is 5.32 Å². The van der Waals surface area contributed by atoms with Gasteiger partial charge in [-0.25, -0.2) is 0 Å². The van der Waals surface area contributed by atoms with Crippen LogP contribution in [-0.4, -0.2) is 24.2 Å². The fourth-order valence-corrected chi connectivity index (χ4v) is 2.79. The highest BCUT2D eigenvalue weighted by molar-refractivity contribution is 5.71. The summed E-state index contributed by atoms with van der Waals surface area (Å²) in [6.45, 7) is 3.39. The second-order valence-corrected chi connectivity index (χ2v) is 6.63. The molecule has 2 N–H and O–H groups in total. The van der Waals surface area contributed by atoms with Crippen LogP contribution in [0.3, 0.4) is 0 Å². The number of phenolic OH excluding ortho intramolecular Hbond substituents is 1. The lowest BCUT2D eigenvalue weighted by molar-refractivity contribution is -0.142. The number of ether oxygens (including phenoxy) is 1. The van der Waals surface area contributed by atoms with Gasteiger partial charge in [0.25, 0.3) is 0 Å². The zero-order chi connectivity index (χ0) is 18.2. The SMILES string of the molecule is CCCCCCCCCCCCOC(=O)CNCc1ccccc1O. The number of esters is 1. The molecule has 142 valence electrons. The normalized spacial score (nSPS) is 10.8. The number of hydrogen-bond acceptors (Lipinski definition) is 4. The smallest absolute Gasteiger partial charge is 0.319 e. The molecule has 0 amide bonds. The predicted octanol–water partition coefficient (Wildman–Crippen LogP) is 4.95. The van der Waals surface area contributed by atoms with Crippen LogP contribution in [0.25, 0.3) is 0 Å². The first-order chi connectivity index (χ1) is 12.2. The van der Waals surface area contributed by atoms with E-state index in [1.165, 1.54) is 51.4 Å². The van der Waals surface area contributed by atoms with Gasteiger partial charge in [0.05, 0.1) is 13.2 Å². The zero-order valence-electron chi connectivity index (χ0n) is 15.8. The second-order valence-electron chi connectivity index (χ2n) is 6.63. The summed E-state index contributed by atoms with van der Waals surface area (Å²) in [4.78, 5) is 11.6. The molecular weight excluding hydrogens is 314 g/mol. The predicted molar refractivity (Wildman–Crippen MR) is 103 cm³/mol. The van der Waals surface area contributed by atoms with Crippen LogP contribution >= 0.6 is 0 Å². The van der Waals surface area contributed by atoms with Gasteiger partial charge in [-0.3, -0.25) is 4.79 Å². The Hall–Kier alpha value is -1.55. The molecule has 0 saturated carbocycles. The third-order valence-corrected chi connectivity index (χ3v) is 4.34. The Morgan fingerprint density at radius 1 is 0.960 bits per heavy atom. The Kier molecular flexibility index (Phi) is 12.7. The summed E-state index contributed by atoms with van der Waals surface area (Å²) in [7, 11) is 0. The fraction of sp³-hybridized carbons (Fsp3) is 0.667. The molecule has 1 aromatic carbocycles. The second kappa shape index (κ2) is 14.8. The molecule has 0 radical (unpaired) electrons. The summed E-state index contributed by atoms with van der Waals surface area (Å²) in [5, 5.41) is 12.6. The molecule has 1 rings (SSSR count). The van der Waals surface area contributed by atoms with Crippen molar-refractivity contribution in [2.45, 2.75) is 77.7 Å². The highest BCUT2D eigenvalue weighted by Gasteiger charge is 2.04. The first-order valence-electron chi connectivity index (χ1n) is 9.87. The molecule has 0 heterocycles. The standard InChI is InChI=1S/C21H35NO3/c1-2-3-4-5-6-7-8-9-10-13-16-25-21(24)18-22-17-19-14-11-12-15-20(19)23/h11-12,14-15,22-23H,2-10,13,16-18H2,1H3. The molecule has 0 saturated heterocycles. The van der Waals surface area contributed by atoms with Crippen LogP contribution in [0.2, 0.25) is 0 Å². The molecule has 0 aromatic heterocycles. The molecule has 0 unspecified atom stereocenters. The van der Waals surface area contributed by atoms with E-state index >= 15 is 0 Å². The summed E-state index contributed by atoms with van der Waals surface area (Å²) in [5.41, 5.74) is 0.782. The van der Waals surface area contributed by atoms with E-state index in [0.717, 1.165) is 18.4 Å². The lowest BCUT2D eigenvalue weighted by Gasteiger charge is -2.07. The van der Waals surface area contributed by atoms with Gasteiger partial charge in [0.2, 0.25) is 0 Å². The first kappa shape index (κ1) is 21.5. The summed E-state index contributed by atoms with van der Waals surface area (Å²) in [6, 6.07) is 7.11. The first-order valence-corrected chi connectivity index (χ1v) is 9.87. The highest BCUT2D eigenvalue weighted by atomic mass is 16.5. The van der Waals surface area contributed by atoms with E-state index in [4.69, 9.17) is 4.74 Å². The number of benzene rings is 1. The molecule has 0 fully saturated rings. The van der Waals surface area contributed by atoms with Crippen molar-refractivity contribution in [1.82, 2.24) is 5.32 Å². The highest BCUT2D eigenvalue weighted by Crippen LogP contribution is 2.14. The summed E-state index contributed by atoms with van der Waals surface area (Å²) in [6.07, 6.45) is 12.7. The van der Waals surface area contributed by atoms with Crippen molar-refractivity contribution in [3.05, 3.63) is 29.8 Å². The number of rotatable bonds is 15. The third-order valence-electron chi connectivity index (χ3n) is 4.34. The number of para-hydroxylation sites is 1. The van der Waals surface area contributed by atoms with Gasteiger partial charge in [-0.05, 0) is 12.5 Å². The summed E-state index contributed by atoms with van der Waals surface area (Å²) < 4.78 is 5.22. The molecule has 0 aliphatic carbocycles. The van der Waals surface area contributed by atoms with Gasteiger partial charge in [0.1, 0.15) is 5.75 Å². The van der Waals surface area contributed by atoms with Crippen molar-refractivity contribution < 1.29 is 14.6 Å². The van der Waals surface area contributed by atoms with E-state index in [2.05, 4.69) is 12.2 Å². The molecule has 0 atom stereocenters. The Labute approximate surface area is 153 Å². The average Bonchev–Trinajstić information content (AvgIpc) is 2.61. The summed E-state index contributed by atoms with van der Waals surface area (Å²) >= 11 is 0. The number of aromatic hydroxyl groups is 1. The lowest BCUT2D eigenvalue weighted by atomic mass is 10.1. The Bertz CT molecular complexity index is 462. The maximum atomic E-state index is 11.6. The number of carbonyl (C=O) groups excluding carboxylic acids is 1. The maximum absolute atomic E-state index is 11.6. The number of hydrogen-bond donors (Lipinski definition) is 2. The topological polar surface area (TPSA) is 58.6 Å². The average molecular weight is 350 g/mol. The van der Waals surface area contributed by atoms with E-state index in [-0.39, 0.29) is 18.3 Å². The molecule has 0 aliphatic rings. The van der Waals surface area contributed by atoms with Crippen LogP contribution in [0, 0.1) is 0 Å². The molecule has 0 spiro atoms. The van der Waals surface area contributed by atoms with Gasteiger partial charge in [-0.2, -0.15) is 0 Å². The zero-order valence-corrected chi connectivity index (χ0v) is 15.8. The fourth-order valence-electron chi connectivity index (χ4n) is 2.79. The Balaban J connectivity index is 1.88. The van der Waals surface area contributed by atoms with Crippen molar-refractivity contribution in [2.75, 3.05) is 13.2 Å². The van der Waals surface area contributed by atoms with Crippen LogP contribution in [0.4, 0.5) is 0 Å². The van der Waals surface area contributed by atoms with Gasteiger partial charge in [-0.1, -0.05) is 82.9 Å². The Morgan fingerprint density at radius 2 is 1.56 bits per heavy atom. The van der Waals surface area contributed by atoms with Crippen LogP contribution in [0.5, 0.6) is 5.75 Å².